The number of nitrogens with one attached hydrogen (secondary N) is 6. The molecule has 2 aromatic heterocycles. The minimum atomic E-state index is -1.50. The van der Waals surface area contributed by atoms with Crippen molar-refractivity contribution in [2.75, 3.05) is 7.05 Å². The maximum Gasteiger partial charge on any atom is 0.331 e. The number of aliphatic hydroxyl groups excluding tert-OH is 1. The van der Waals surface area contributed by atoms with Crippen molar-refractivity contribution in [3.63, 3.8) is 0 Å². The Morgan fingerprint density at radius 1 is 1.02 bits per heavy atom. The minimum absolute atomic E-state index is 0.0209. The van der Waals surface area contributed by atoms with Crippen molar-refractivity contribution in [1.29, 1.82) is 0 Å². The molecule has 1 aliphatic heterocycles. The number of aromatic amines is 2. The highest BCUT2D eigenvalue weighted by molar-refractivity contribution is 5.94. The molecule has 58 heavy (non-hydrogen) atoms. The van der Waals surface area contributed by atoms with Gasteiger partial charge in [0.05, 0.1) is 12.1 Å². The normalized spacial score (nSPS) is 18.3. The van der Waals surface area contributed by atoms with Crippen molar-refractivity contribution in [3.05, 3.63) is 111 Å². The van der Waals surface area contributed by atoms with Gasteiger partial charge in [0.2, 0.25) is 23.9 Å². The van der Waals surface area contributed by atoms with Crippen LogP contribution in [-0.2, 0) is 36.8 Å². The molecular weight excluding hydrogens is 758 g/mol. The number of carbonyl (C=O) groups excluding carboxylic acids is 4. The number of amides is 5. The fourth-order valence-corrected chi connectivity index (χ4v) is 6.37. The van der Waals surface area contributed by atoms with Crippen LogP contribution >= 0.6 is 0 Å². The number of rotatable bonds is 15. The van der Waals surface area contributed by atoms with Crippen LogP contribution in [0.1, 0.15) is 37.6 Å². The predicted molar refractivity (Wildman–Crippen MR) is 207 cm³/mol. The molecule has 7 atom stereocenters. The number of carboxylic acids is 1. The van der Waals surface area contributed by atoms with Gasteiger partial charge in [0.15, 0.2) is 0 Å². The van der Waals surface area contributed by atoms with Crippen LogP contribution in [0.2, 0.25) is 0 Å². The largest absolute Gasteiger partial charge is 0.508 e. The van der Waals surface area contributed by atoms with Gasteiger partial charge in [-0.2, -0.15) is 0 Å². The van der Waals surface area contributed by atoms with Gasteiger partial charge in [0, 0.05) is 55.5 Å². The predicted octanol–water partition coefficient (Wildman–Crippen LogP) is -0.754. The first-order valence-corrected chi connectivity index (χ1v) is 18.1. The molecule has 0 aliphatic carbocycles. The smallest absolute Gasteiger partial charge is 0.331 e. The highest BCUT2D eigenvalue weighted by Crippen LogP contribution is 2.30. The molecule has 0 saturated carbocycles. The first-order chi connectivity index (χ1) is 27.5. The lowest BCUT2D eigenvalue weighted by atomic mass is 10.0. The maximum atomic E-state index is 13.8. The molecule has 4 aromatic rings. The number of carbonyl (C=O) groups is 5. The summed E-state index contributed by atoms with van der Waals surface area (Å²) in [7, 11) is 1.37. The number of aromatic nitrogens is 3. The lowest BCUT2D eigenvalue weighted by molar-refractivity contribution is -0.139. The molecule has 11 N–H and O–H groups in total. The monoisotopic (exact) mass is 803 g/mol. The molecule has 5 amide bonds. The maximum absolute atomic E-state index is 13.8. The van der Waals surface area contributed by atoms with Crippen LogP contribution in [0.15, 0.2) is 88.5 Å². The van der Waals surface area contributed by atoms with Gasteiger partial charge in [-0.3, -0.25) is 28.7 Å². The van der Waals surface area contributed by atoms with E-state index in [4.69, 9.17) is 10.5 Å². The van der Waals surface area contributed by atoms with Gasteiger partial charge >= 0.3 is 17.7 Å². The Morgan fingerprint density at radius 2 is 1.76 bits per heavy atom. The number of aromatic hydroxyl groups is 1. The van der Waals surface area contributed by atoms with Gasteiger partial charge in [-0.05, 0) is 49.6 Å². The summed E-state index contributed by atoms with van der Waals surface area (Å²) in [4.78, 5) is 96.0. The first-order valence-electron chi connectivity index (χ1n) is 18.1. The lowest BCUT2D eigenvalue weighted by Crippen LogP contribution is -2.61. The van der Waals surface area contributed by atoms with Crippen LogP contribution in [-0.4, -0.2) is 108 Å². The molecule has 0 spiro atoms. The minimum Gasteiger partial charge on any atom is -0.508 e. The second-order valence-corrected chi connectivity index (χ2v) is 13.9. The van der Waals surface area contributed by atoms with Crippen molar-refractivity contribution in [2.24, 2.45) is 5.73 Å². The SMILES string of the molecule is CC(NC(=O)NC(Cc1c[nH]c2ccccc12)C(=O)O)C(=O)NC(C(=O)N/C=C1\CC(O)C(n2ccc(=O)[nH]c2=O)O1)C(C)N(C)C(=O)C(N)Cc1cccc(O)c1. The number of hydrogen-bond donors (Lipinski definition) is 10. The molecular formula is C38H45N9O11. The number of hydrogen-bond acceptors (Lipinski definition) is 11. The van der Waals surface area contributed by atoms with Crippen molar-refractivity contribution in [2.45, 2.75) is 75.7 Å². The highest BCUT2D eigenvalue weighted by atomic mass is 16.5. The summed E-state index contributed by atoms with van der Waals surface area (Å²) in [6.45, 7) is 2.77. The van der Waals surface area contributed by atoms with Crippen LogP contribution in [0.5, 0.6) is 5.75 Å². The first kappa shape index (κ1) is 42.2. The standard InChI is InChI=1S/C38H45N9O11/c1-19(42-37(56)43-28(36(54)55)15-22-17-40-27-10-5-4-9-25(22)27)32(51)45-31(20(2)46(3)34(53)26(39)14-21-7-6-8-23(48)13-21)33(52)41-18-24-16-29(49)35(58-24)47-12-11-30(50)44-38(47)57/h4-13,17-20,26,28-29,31,35,40,48-49H,14-16,39H2,1-3H3,(H,41,52)(H,45,51)(H,54,55)(H2,42,43,56)(H,44,50,57)/b24-18+. The number of aliphatic carboxylic acids is 1. The second-order valence-electron chi connectivity index (χ2n) is 13.9. The summed E-state index contributed by atoms with van der Waals surface area (Å²) in [5.74, 6) is -3.66. The number of phenolic OH excluding ortho intramolecular Hbond substituents is 1. The lowest BCUT2D eigenvalue weighted by Gasteiger charge is -2.33. The summed E-state index contributed by atoms with van der Waals surface area (Å²) in [5, 5.41) is 40.8. The van der Waals surface area contributed by atoms with Crippen LogP contribution in [0, 0.1) is 0 Å². The Balaban J connectivity index is 1.29. The third-order valence-electron chi connectivity index (χ3n) is 9.66. The Morgan fingerprint density at radius 3 is 2.47 bits per heavy atom. The van der Waals surface area contributed by atoms with E-state index in [9.17, 15) is 48.9 Å². The number of aliphatic hydroxyl groups is 1. The number of ether oxygens (including phenoxy) is 1. The molecule has 308 valence electrons. The van der Waals surface area contributed by atoms with Gasteiger partial charge < -0.3 is 56.9 Å². The van der Waals surface area contributed by atoms with Crippen LogP contribution in [0.3, 0.4) is 0 Å². The van der Waals surface area contributed by atoms with Crippen molar-refractivity contribution < 1.29 is 44.0 Å². The van der Waals surface area contributed by atoms with Crippen LogP contribution in [0.25, 0.3) is 10.9 Å². The Hall–Kier alpha value is -6.93. The van der Waals surface area contributed by atoms with E-state index in [1.165, 1.54) is 33.0 Å². The number of urea groups is 1. The zero-order chi connectivity index (χ0) is 42.3. The Labute approximate surface area is 330 Å². The molecule has 5 rings (SSSR count). The van der Waals surface area contributed by atoms with Gasteiger partial charge in [-0.25, -0.2) is 14.4 Å². The topological polar surface area (TPSA) is 303 Å². The molecule has 20 nitrogen and oxygen atoms in total. The molecule has 1 fully saturated rings. The van der Waals surface area contributed by atoms with Gasteiger partial charge in [0.25, 0.3) is 5.56 Å². The molecule has 0 radical (unpaired) electrons. The third kappa shape index (κ3) is 10.3. The van der Waals surface area contributed by atoms with E-state index < -0.39 is 83.5 Å². The number of carboxylic acid groups (broad SMARTS) is 1. The summed E-state index contributed by atoms with van der Waals surface area (Å²) in [5.41, 5.74) is 6.74. The number of likely N-dealkylation sites (N-methyl/N-ethyl adjacent to an activating group) is 1. The third-order valence-corrected chi connectivity index (χ3v) is 9.66. The second kappa shape index (κ2) is 18.3. The van der Waals surface area contributed by atoms with Gasteiger partial charge in [0.1, 0.15) is 35.7 Å². The molecule has 1 saturated heterocycles. The molecule has 0 bridgehead atoms. The molecule has 7 unspecified atom stereocenters. The van der Waals surface area contributed by atoms with E-state index in [1.54, 1.807) is 24.4 Å². The Kier molecular flexibility index (Phi) is 13.4. The fraction of sp³-hybridized carbons (Fsp3) is 0.342. The average Bonchev–Trinajstić information content (AvgIpc) is 3.76. The highest BCUT2D eigenvalue weighted by Gasteiger charge is 2.36. The number of nitrogens with zero attached hydrogens (tertiary/aromatic N) is 2. The fourth-order valence-electron chi connectivity index (χ4n) is 6.37. The quantitative estimate of drug-likeness (QED) is 0.0710. The number of fused-ring (bicyclic) bond motifs is 1. The molecule has 1 aliphatic rings. The van der Waals surface area contributed by atoms with Gasteiger partial charge in [-0.1, -0.05) is 30.3 Å². The molecule has 3 heterocycles. The van der Waals surface area contributed by atoms with Crippen LogP contribution < -0.4 is 38.2 Å². The number of benzene rings is 2. The van der Waals surface area contributed by atoms with E-state index >= 15 is 0 Å². The average molecular weight is 804 g/mol. The molecule has 20 heteroatoms. The summed E-state index contributed by atoms with van der Waals surface area (Å²) < 4.78 is 6.64. The zero-order valence-electron chi connectivity index (χ0n) is 31.7. The van der Waals surface area contributed by atoms with E-state index in [-0.39, 0.29) is 30.8 Å². The van der Waals surface area contributed by atoms with E-state index in [0.717, 1.165) is 38.8 Å². The zero-order valence-corrected chi connectivity index (χ0v) is 31.7. The number of nitrogens with two attached hydrogens (primary N) is 1. The van der Waals surface area contributed by atoms with Crippen molar-refractivity contribution in [1.82, 2.24) is 40.7 Å². The number of H-pyrrole nitrogens is 2. The summed E-state index contributed by atoms with van der Waals surface area (Å²) in [6, 6.07) is 7.10. The van der Waals surface area contributed by atoms with Crippen molar-refractivity contribution in [3.8, 4) is 5.75 Å². The van der Waals surface area contributed by atoms with E-state index in [1.807, 2.05) is 18.2 Å². The van der Waals surface area contributed by atoms with Gasteiger partial charge in [-0.15, -0.1) is 0 Å². The summed E-state index contributed by atoms with van der Waals surface area (Å²) in [6.07, 6.45) is 1.22. The summed E-state index contributed by atoms with van der Waals surface area (Å²) >= 11 is 0. The van der Waals surface area contributed by atoms with E-state index in [0.29, 0.717) is 11.1 Å². The van der Waals surface area contributed by atoms with Crippen molar-refractivity contribution >= 4 is 40.6 Å². The number of para-hydroxylation sites is 1. The molecule has 2 aromatic carbocycles. The van der Waals surface area contributed by atoms with E-state index in [2.05, 4.69) is 31.2 Å². The number of phenols is 1. The Bertz CT molecular complexity index is 2320. The van der Waals surface area contributed by atoms with Crippen LogP contribution in [0.4, 0.5) is 4.79 Å².